The van der Waals surface area contributed by atoms with E-state index in [9.17, 15) is 27.5 Å². The van der Waals surface area contributed by atoms with Crippen LogP contribution in [-0.2, 0) is 25.7 Å². The summed E-state index contributed by atoms with van der Waals surface area (Å²) in [5.74, 6) is -0.414. The minimum Gasteiger partial charge on any atom is -0.465 e. The highest BCUT2D eigenvalue weighted by molar-refractivity contribution is 5.65. The van der Waals surface area contributed by atoms with Gasteiger partial charge in [0.25, 0.3) is 0 Å². The first-order chi connectivity index (χ1) is 14.7. The van der Waals surface area contributed by atoms with Gasteiger partial charge in [0.2, 0.25) is 0 Å². The van der Waals surface area contributed by atoms with E-state index in [1.165, 1.54) is 41.0 Å². The number of halogens is 4. The molecule has 0 unspecified atom stereocenters. The summed E-state index contributed by atoms with van der Waals surface area (Å²) in [5.41, 5.74) is 0.211. The highest BCUT2D eigenvalue weighted by Crippen LogP contribution is 2.34. The summed E-state index contributed by atoms with van der Waals surface area (Å²) in [7, 11) is 0. The molecule has 0 radical (unpaired) electrons. The van der Waals surface area contributed by atoms with Crippen molar-refractivity contribution in [2.45, 2.75) is 25.7 Å². The smallest absolute Gasteiger partial charge is 0.416 e. The van der Waals surface area contributed by atoms with Gasteiger partial charge >= 0.3 is 18.3 Å². The molecule has 4 rings (SSSR count). The SMILES string of the molecule is O=C(O)N1CCc2c(nc(Oc3cccc(F)c3)n2Cc2ccccc2C(F)(F)F)C1. The van der Waals surface area contributed by atoms with E-state index >= 15 is 0 Å². The van der Waals surface area contributed by atoms with E-state index in [-0.39, 0.29) is 43.4 Å². The molecule has 1 aliphatic heterocycles. The van der Waals surface area contributed by atoms with E-state index in [1.54, 1.807) is 0 Å². The number of rotatable bonds is 4. The number of fused-ring (bicyclic) bond motifs is 1. The van der Waals surface area contributed by atoms with Crippen molar-refractivity contribution in [3.05, 3.63) is 76.9 Å². The highest BCUT2D eigenvalue weighted by Gasteiger charge is 2.34. The van der Waals surface area contributed by atoms with Crippen molar-refractivity contribution in [2.75, 3.05) is 6.54 Å². The van der Waals surface area contributed by atoms with Crippen molar-refractivity contribution >= 4 is 6.09 Å². The van der Waals surface area contributed by atoms with Gasteiger partial charge in [0.05, 0.1) is 24.3 Å². The highest BCUT2D eigenvalue weighted by atomic mass is 19.4. The van der Waals surface area contributed by atoms with Crippen LogP contribution in [0.5, 0.6) is 11.8 Å². The molecule has 0 saturated heterocycles. The Morgan fingerprint density at radius 3 is 2.65 bits per heavy atom. The predicted molar refractivity (Wildman–Crippen MR) is 101 cm³/mol. The van der Waals surface area contributed by atoms with Crippen molar-refractivity contribution in [1.29, 1.82) is 0 Å². The normalized spacial score (nSPS) is 13.7. The lowest BCUT2D eigenvalue weighted by Crippen LogP contribution is -2.35. The molecule has 2 heterocycles. The van der Waals surface area contributed by atoms with Crippen molar-refractivity contribution in [3.63, 3.8) is 0 Å². The summed E-state index contributed by atoms with van der Waals surface area (Å²) in [6.07, 6.45) is -5.40. The molecular weight excluding hydrogens is 418 g/mol. The fourth-order valence-corrected chi connectivity index (χ4v) is 3.56. The maximum absolute atomic E-state index is 13.6. The Bertz CT molecular complexity index is 1130. The summed E-state index contributed by atoms with van der Waals surface area (Å²) in [6.45, 7) is -0.0256. The van der Waals surface area contributed by atoms with Crippen molar-refractivity contribution in [2.24, 2.45) is 0 Å². The number of hydrogen-bond donors (Lipinski definition) is 1. The maximum atomic E-state index is 13.6. The van der Waals surface area contributed by atoms with E-state index < -0.39 is 23.7 Å². The summed E-state index contributed by atoms with van der Waals surface area (Å²) in [6, 6.07) is 10.4. The molecule has 0 spiro atoms. The molecular formula is C21H17F4N3O3. The van der Waals surface area contributed by atoms with Crippen molar-refractivity contribution in [1.82, 2.24) is 14.5 Å². The number of hydrogen-bond acceptors (Lipinski definition) is 3. The van der Waals surface area contributed by atoms with Gasteiger partial charge in [-0.15, -0.1) is 0 Å². The molecule has 0 atom stereocenters. The van der Waals surface area contributed by atoms with Gasteiger partial charge in [-0.25, -0.2) is 9.18 Å². The third-order valence-corrected chi connectivity index (χ3v) is 5.01. The minimum atomic E-state index is -4.54. The molecule has 2 aromatic carbocycles. The van der Waals surface area contributed by atoms with Gasteiger partial charge in [-0.05, 0) is 23.8 Å². The van der Waals surface area contributed by atoms with Crippen LogP contribution in [0.3, 0.4) is 0 Å². The van der Waals surface area contributed by atoms with Crippen LogP contribution in [0.1, 0.15) is 22.5 Å². The fourth-order valence-electron chi connectivity index (χ4n) is 3.56. The zero-order chi connectivity index (χ0) is 22.2. The molecule has 0 aliphatic carbocycles. The zero-order valence-electron chi connectivity index (χ0n) is 16.1. The van der Waals surface area contributed by atoms with E-state index in [1.807, 2.05) is 0 Å². The topological polar surface area (TPSA) is 67.6 Å². The van der Waals surface area contributed by atoms with Gasteiger partial charge in [-0.1, -0.05) is 24.3 Å². The molecule has 1 N–H and O–H groups in total. The zero-order valence-corrected chi connectivity index (χ0v) is 16.1. The largest absolute Gasteiger partial charge is 0.465 e. The van der Waals surface area contributed by atoms with Crippen molar-refractivity contribution < 1.29 is 32.2 Å². The van der Waals surface area contributed by atoms with Crippen LogP contribution in [0.2, 0.25) is 0 Å². The number of aromatic nitrogens is 2. The summed E-state index contributed by atoms with van der Waals surface area (Å²) >= 11 is 0. The Hall–Kier alpha value is -3.56. The number of imidazole rings is 1. The fraction of sp³-hybridized carbons (Fsp3) is 0.238. The second kappa shape index (κ2) is 7.93. The Morgan fingerprint density at radius 1 is 1.16 bits per heavy atom. The van der Waals surface area contributed by atoms with E-state index in [4.69, 9.17) is 4.74 Å². The molecule has 6 nitrogen and oxygen atoms in total. The van der Waals surface area contributed by atoms with Crippen LogP contribution in [0.4, 0.5) is 22.4 Å². The second-order valence-corrected chi connectivity index (χ2v) is 7.04. The Kier molecular flexibility index (Phi) is 5.30. The standard InChI is InChI=1S/C21H17F4N3O3/c22-14-5-3-6-15(10-14)31-19-26-17-12-27(20(29)30)9-8-18(17)28(19)11-13-4-1-2-7-16(13)21(23,24)25/h1-7,10H,8-9,11-12H2,(H,29,30). The first-order valence-electron chi connectivity index (χ1n) is 9.37. The van der Waals surface area contributed by atoms with Crippen LogP contribution < -0.4 is 4.74 Å². The van der Waals surface area contributed by atoms with Gasteiger partial charge in [0.1, 0.15) is 11.6 Å². The molecule has 10 heteroatoms. The third kappa shape index (κ3) is 4.32. The van der Waals surface area contributed by atoms with E-state index in [2.05, 4.69) is 4.98 Å². The van der Waals surface area contributed by atoms with Crippen LogP contribution >= 0.6 is 0 Å². The predicted octanol–water partition coefficient (Wildman–Crippen LogP) is 4.92. The molecule has 31 heavy (non-hydrogen) atoms. The average molecular weight is 435 g/mol. The maximum Gasteiger partial charge on any atom is 0.416 e. The number of nitrogens with zero attached hydrogens (tertiary/aromatic N) is 3. The monoisotopic (exact) mass is 435 g/mol. The number of carbonyl (C=O) groups is 1. The first kappa shape index (κ1) is 20.7. The van der Waals surface area contributed by atoms with Crippen molar-refractivity contribution in [3.8, 4) is 11.8 Å². The minimum absolute atomic E-state index is 0.0138. The van der Waals surface area contributed by atoms with Crippen LogP contribution in [0.15, 0.2) is 48.5 Å². The lowest BCUT2D eigenvalue weighted by Gasteiger charge is -2.24. The Morgan fingerprint density at radius 2 is 1.94 bits per heavy atom. The number of benzene rings is 2. The molecule has 0 bridgehead atoms. The Balaban J connectivity index is 1.76. The Labute approximate surface area is 174 Å². The average Bonchev–Trinajstić information content (AvgIpc) is 3.04. The number of carboxylic acid groups (broad SMARTS) is 1. The second-order valence-electron chi connectivity index (χ2n) is 7.04. The number of ether oxygens (including phenoxy) is 1. The molecule has 1 aliphatic rings. The summed E-state index contributed by atoms with van der Waals surface area (Å²) in [4.78, 5) is 16.8. The number of alkyl halides is 3. The summed E-state index contributed by atoms with van der Waals surface area (Å²) < 4.78 is 61.2. The number of amides is 1. The van der Waals surface area contributed by atoms with Gasteiger partial charge < -0.3 is 14.7 Å². The third-order valence-electron chi connectivity index (χ3n) is 5.01. The van der Waals surface area contributed by atoms with E-state index in [0.29, 0.717) is 11.4 Å². The molecule has 1 aromatic heterocycles. The first-order valence-corrected chi connectivity index (χ1v) is 9.37. The molecule has 3 aromatic rings. The van der Waals surface area contributed by atoms with Crippen LogP contribution in [0.25, 0.3) is 0 Å². The van der Waals surface area contributed by atoms with Gasteiger partial charge in [0.15, 0.2) is 0 Å². The molecule has 1 amide bonds. The molecule has 0 saturated carbocycles. The van der Waals surface area contributed by atoms with Gasteiger partial charge in [0, 0.05) is 24.7 Å². The van der Waals surface area contributed by atoms with Crippen LogP contribution in [-0.4, -0.2) is 32.2 Å². The quantitative estimate of drug-likeness (QED) is 0.591. The lowest BCUT2D eigenvalue weighted by atomic mass is 10.1. The summed E-state index contributed by atoms with van der Waals surface area (Å²) in [5, 5.41) is 9.26. The lowest BCUT2D eigenvalue weighted by molar-refractivity contribution is -0.138. The molecule has 162 valence electrons. The van der Waals surface area contributed by atoms with Gasteiger partial charge in [-0.3, -0.25) is 4.57 Å². The molecule has 0 fully saturated rings. The van der Waals surface area contributed by atoms with E-state index in [0.717, 1.165) is 17.0 Å². The van der Waals surface area contributed by atoms with Gasteiger partial charge in [-0.2, -0.15) is 18.2 Å². The van der Waals surface area contributed by atoms with Crippen LogP contribution in [0, 0.1) is 5.82 Å².